The highest BCUT2D eigenvalue weighted by atomic mass is 32.2. The molecule has 0 saturated carbocycles. The molecule has 0 radical (unpaired) electrons. The van der Waals surface area contributed by atoms with Crippen molar-refractivity contribution in [1.29, 1.82) is 0 Å². The van der Waals surface area contributed by atoms with Gasteiger partial charge in [0.05, 0.1) is 11.8 Å². The zero-order chi connectivity index (χ0) is 55.3. The summed E-state index contributed by atoms with van der Waals surface area (Å²) in [5.74, 6) is -2.18. The van der Waals surface area contributed by atoms with Crippen molar-refractivity contribution < 1.29 is 39.6 Å². The molecular formula is C64H124O8S2. The van der Waals surface area contributed by atoms with Crippen LogP contribution < -0.4 is 0 Å². The summed E-state index contributed by atoms with van der Waals surface area (Å²) in [6.45, 7) is 12.5. The minimum atomic E-state index is -1.05. The lowest BCUT2D eigenvalue weighted by molar-refractivity contribution is -0.148. The molecule has 0 aromatic carbocycles. The van der Waals surface area contributed by atoms with Gasteiger partial charge in [-0.15, -0.1) is 11.8 Å². The van der Waals surface area contributed by atoms with Gasteiger partial charge in [-0.25, -0.2) is 0 Å². The van der Waals surface area contributed by atoms with Crippen LogP contribution in [0.2, 0.25) is 0 Å². The van der Waals surface area contributed by atoms with Gasteiger partial charge in [-0.3, -0.25) is 19.2 Å². The summed E-state index contributed by atoms with van der Waals surface area (Å²) in [7, 11) is 0. The summed E-state index contributed by atoms with van der Waals surface area (Å²) in [5, 5.41) is 39.1. The number of aliphatic carboxylic acids is 4. The van der Waals surface area contributed by atoms with E-state index < -0.39 is 38.8 Å². The Balaban J connectivity index is 0. The molecule has 4 N–H and O–H groups in total. The molecule has 0 aromatic heterocycles. The zero-order valence-corrected chi connectivity index (χ0v) is 51.4. The molecular weight excluding hydrogens is 961 g/mol. The van der Waals surface area contributed by atoms with Gasteiger partial charge in [0.25, 0.3) is 0 Å². The van der Waals surface area contributed by atoms with E-state index in [4.69, 9.17) is 5.11 Å². The lowest BCUT2D eigenvalue weighted by Crippen LogP contribution is -2.42. The fourth-order valence-corrected chi connectivity index (χ4v) is 13.3. The van der Waals surface area contributed by atoms with Crippen LogP contribution in [0.1, 0.15) is 356 Å². The Labute approximate surface area is 467 Å². The SMILES string of the molecule is CCCCCCCCCCCCC(CCCCCCCCCCCC)(CSCCC(=O)O)C(=O)O.CCCCCCCCCCCCCCC(C)(SC(C)(CCCCCCCCCCCCCC)C(=O)O)C(=O)O. The van der Waals surface area contributed by atoms with Crippen molar-refractivity contribution in [1.82, 2.24) is 0 Å². The second-order valence-electron chi connectivity index (χ2n) is 23.1. The Morgan fingerprint density at radius 1 is 0.311 bits per heavy atom. The van der Waals surface area contributed by atoms with E-state index in [1.165, 1.54) is 242 Å². The van der Waals surface area contributed by atoms with Crippen molar-refractivity contribution >= 4 is 47.4 Å². The molecule has 0 heterocycles. The minimum absolute atomic E-state index is 0.108. The van der Waals surface area contributed by atoms with E-state index in [0.717, 1.165) is 77.0 Å². The van der Waals surface area contributed by atoms with Gasteiger partial charge in [-0.05, 0) is 39.5 Å². The summed E-state index contributed by atoms with van der Waals surface area (Å²) >= 11 is 2.70. The zero-order valence-electron chi connectivity index (χ0n) is 49.8. The van der Waals surface area contributed by atoms with Gasteiger partial charge in [0.2, 0.25) is 0 Å². The van der Waals surface area contributed by atoms with Gasteiger partial charge in [0.15, 0.2) is 0 Å². The van der Waals surface area contributed by atoms with Crippen LogP contribution in [0.15, 0.2) is 0 Å². The van der Waals surface area contributed by atoms with Crippen LogP contribution in [0.5, 0.6) is 0 Å². The number of hydrogen-bond donors (Lipinski definition) is 4. The smallest absolute Gasteiger partial charge is 0.319 e. The monoisotopic (exact) mass is 1080 g/mol. The average Bonchev–Trinajstić information content (AvgIpc) is 3.36. The van der Waals surface area contributed by atoms with E-state index in [1.54, 1.807) is 13.8 Å². The number of carbonyl (C=O) groups is 4. The standard InChI is InChI=1S/C34H66O4S.C30H58O4S/c1-5-7-9-11-13-15-17-19-21-23-25-27-29-33(3,31(35)36)39-34(4,32(37)38)30-28-26-24-22-20-18-16-14-12-10-8-6-2;1-3-5-7-9-11-13-15-17-19-21-24-30(29(33)34,27-35-26-23-28(31)32)25-22-20-18-16-14-12-10-8-6-4-2/h5-30H2,1-4H3,(H,35,36)(H,37,38);3-27H2,1-2H3,(H,31,32)(H,33,34). The van der Waals surface area contributed by atoms with Crippen molar-refractivity contribution in [2.75, 3.05) is 11.5 Å². The number of unbranched alkanes of at least 4 members (excludes halogenated alkanes) is 40. The van der Waals surface area contributed by atoms with Gasteiger partial charge in [0.1, 0.15) is 9.49 Å². The second kappa shape index (κ2) is 53.6. The molecule has 0 aromatic rings. The summed E-state index contributed by atoms with van der Waals surface area (Å²) < 4.78 is -2.11. The van der Waals surface area contributed by atoms with Crippen LogP contribution in [0.25, 0.3) is 0 Å². The third-order valence-electron chi connectivity index (χ3n) is 15.7. The van der Waals surface area contributed by atoms with Gasteiger partial charge in [-0.2, -0.15) is 11.8 Å². The number of hydrogen-bond acceptors (Lipinski definition) is 6. The van der Waals surface area contributed by atoms with E-state index in [1.807, 2.05) is 0 Å². The minimum Gasteiger partial charge on any atom is -0.481 e. The molecule has 0 spiro atoms. The first kappa shape index (κ1) is 74.7. The van der Waals surface area contributed by atoms with E-state index in [0.29, 0.717) is 24.3 Å². The molecule has 74 heavy (non-hydrogen) atoms. The van der Waals surface area contributed by atoms with E-state index >= 15 is 0 Å². The maximum absolute atomic E-state index is 12.4. The normalized spacial score (nSPS) is 13.3. The highest BCUT2D eigenvalue weighted by Crippen LogP contribution is 2.44. The quantitative estimate of drug-likeness (QED) is 0.0434. The molecule has 0 aliphatic carbocycles. The van der Waals surface area contributed by atoms with Crippen LogP contribution >= 0.6 is 23.5 Å². The van der Waals surface area contributed by atoms with Crippen molar-refractivity contribution in [3.63, 3.8) is 0 Å². The van der Waals surface area contributed by atoms with Gasteiger partial charge in [-0.1, -0.05) is 310 Å². The molecule has 8 nitrogen and oxygen atoms in total. The molecule has 0 rings (SSSR count). The molecule has 2 unspecified atom stereocenters. The molecule has 0 bridgehead atoms. The van der Waals surface area contributed by atoms with E-state index in [9.17, 15) is 34.5 Å². The van der Waals surface area contributed by atoms with Crippen molar-refractivity contribution in [2.24, 2.45) is 5.41 Å². The summed E-state index contributed by atoms with van der Waals surface area (Å²) in [6.07, 6.45) is 57.5. The van der Waals surface area contributed by atoms with Crippen LogP contribution in [0.3, 0.4) is 0 Å². The van der Waals surface area contributed by atoms with Crippen molar-refractivity contribution in [2.45, 2.75) is 366 Å². The molecule has 0 aliphatic rings. The first-order valence-corrected chi connectivity index (χ1v) is 33.9. The molecule has 0 saturated heterocycles. The van der Waals surface area contributed by atoms with Gasteiger partial charge >= 0.3 is 23.9 Å². The molecule has 2 atom stereocenters. The summed E-state index contributed by atoms with van der Waals surface area (Å²) in [6, 6.07) is 0. The van der Waals surface area contributed by atoms with Crippen LogP contribution in [0, 0.1) is 5.41 Å². The average molecular weight is 1090 g/mol. The molecule has 0 fully saturated rings. The molecule has 440 valence electrons. The first-order chi connectivity index (χ1) is 35.7. The predicted octanol–water partition coefficient (Wildman–Crippen LogP) is 21.5. The van der Waals surface area contributed by atoms with Crippen molar-refractivity contribution in [3.8, 4) is 0 Å². The van der Waals surface area contributed by atoms with Gasteiger partial charge < -0.3 is 20.4 Å². The maximum Gasteiger partial charge on any atom is 0.319 e. The van der Waals surface area contributed by atoms with Crippen LogP contribution in [-0.2, 0) is 19.2 Å². The predicted molar refractivity (Wildman–Crippen MR) is 324 cm³/mol. The van der Waals surface area contributed by atoms with Crippen LogP contribution in [-0.4, -0.2) is 65.3 Å². The van der Waals surface area contributed by atoms with Crippen molar-refractivity contribution in [3.05, 3.63) is 0 Å². The molecule has 10 heteroatoms. The number of carboxylic acid groups (broad SMARTS) is 4. The fourth-order valence-electron chi connectivity index (χ4n) is 10.4. The van der Waals surface area contributed by atoms with E-state index in [2.05, 4.69) is 27.7 Å². The third-order valence-corrected chi connectivity index (χ3v) is 18.6. The highest BCUT2D eigenvalue weighted by molar-refractivity contribution is 8.03. The third kappa shape index (κ3) is 45.6. The van der Waals surface area contributed by atoms with E-state index in [-0.39, 0.29) is 6.42 Å². The maximum atomic E-state index is 12.4. The Morgan fingerprint density at radius 2 is 0.527 bits per heavy atom. The number of thioether (sulfide) groups is 2. The Hall–Kier alpha value is -1.42. The Kier molecular flexibility index (Phi) is 54.0. The fraction of sp³-hybridized carbons (Fsp3) is 0.938. The summed E-state index contributed by atoms with van der Waals surface area (Å²) in [5.41, 5.74) is -0.691. The molecule has 0 aliphatic heterocycles. The van der Waals surface area contributed by atoms with Gasteiger partial charge in [0, 0.05) is 11.5 Å². The topological polar surface area (TPSA) is 149 Å². The highest BCUT2D eigenvalue weighted by Gasteiger charge is 2.45. The summed E-state index contributed by atoms with van der Waals surface area (Å²) in [4.78, 5) is 47.7. The Morgan fingerprint density at radius 3 is 0.730 bits per heavy atom. The van der Waals surface area contributed by atoms with Crippen LogP contribution in [0.4, 0.5) is 0 Å². The second-order valence-corrected chi connectivity index (χ2v) is 26.2. The lowest BCUT2D eigenvalue weighted by Gasteiger charge is -2.34. The molecule has 0 amide bonds. The number of carboxylic acids is 4. The Bertz CT molecular complexity index is 1210. The largest absolute Gasteiger partial charge is 0.481 e. The number of rotatable bonds is 58. The first-order valence-electron chi connectivity index (χ1n) is 31.9. The lowest BCUT2D eigenvalue weighted by atomic mass is 9.79.